The quantitative estimate of drug-likeness (QED) is 0.479. The van der Waals surface area contributed by atoms with Gasteiger partial charge >= 0.3 is 0 Å². The Hall–Kier alpha value is -2.41. The van der Waals surface area contributed by atoms with Gasteiger partial charge in [0.2, 0.25) is 0 Å². The van der Waals surface area contributed by atoms with Gasteiger partial charge in [-0.1, -0.05) is 41.4 Å². The number of alkyl halides is 1. The number of aromatic nitrogens is 1. The molecule has 4 rings (SSSR count). The molecule has 1 N–H and O–H groups in total. The number of amides is 1. The molecule has 0 spiro atoms. The molecule has 2 heterocycles. The minimum atomic E-state index is -1.35. The van der Waals surface area contributed by atoms with E-state index in [2.05, 4.69) is 10.3 Å². The van der Waals surface area contributed by atoms with E-state index < -0.39 is 5.67 Å². The maximum Gasteiger partial charge on any atom is 0.253 e. The van der Waals surface area contributed by atoms with Crippen molar-refractivity contribution in [3.63, 3.8) is 0 Å². The number of pyridine rings is 1. The number of ether oxygens (including phenoxy) is 1. The molecular weight excluding hydrogens is 452 g/mol. The van der Waals surface area contributed by atoms with Gasteiger partial charge < -0.3 is 15.0 Å². The van der Waals surface area contributed by atoms with Crippen LogP contribution in [0, 0.1) is 0 Å². The Kier molecular flexibility index (Phi) is 7.13. The van der Waals surface area contributed by atoms with Crippen LogP contribution in [0.5, 0.6) is 5.75 Å². The average Bonchev–Trinajstić information content (AvgIpc) is 2.81. The van der Waals surface area contributed by atoms with Gasteiger partial charge in [0.15, 0.2) is 0 Å². The third-order valence-electron chi connectivity index (χ3n) is 5.69. The minimum Gasteiger partial charge on any atom is -0.490 e. The number of para-hydroxylation sites is 1. The summed E-state index contributed by atoms with van der Waals surface area (Å²) in [6.45, 7) is 1.86. The zero-order valence-electron chi connectivity index (χ0n) is 17.5. The highest BCUT2D eigenvalue weighted by Crippen LogP contribution is 2.28. The SMILES string of the molecule is O=C(c1ccc(Cl)c(Cl)c1)N1CCC(F)(CNCCOc2cccc3cccnc23)CC1. The second kappa shape index (κ2) is 10.0. The van der Waals surface area contributed by atoms with Gasteiger partial charge in [0.05, 0.1) is 10.0 Å². The average molecular weight is 476 g/mol. The van der Waals surface area contributed by atoms with Gasteiger partial charge in [0.25, 0.3) is 5.91 Å². The molecule has 2 aromatic carbocycles. The number of carbonyl (C=O) groups is 1. The van der Waals surface area contributed by atoms with E-state index in [-0.39, 0.29) is 25.3 Å². The number of benzene rings is 2. The van der Waals surface area contributed by atoms with E-state index in [0.717, 1.165) is 10.9 Å². The van der Waals surface area contributed by atoms with E-state index in [1.165, 1.54) is 0 Å². The van der Waals surface area contributed by atoms with Crippen molar-refractivity contribution in [2.75, 3.05) is 32.8 Å². The molecular formula is C24H24Cl2FN3O2. The second-order valence-corrected chi connectivity index (χ2v) is 8.74. The van der Waals surface area contributed by atoms with E-state index in [0.29, 0.717) is 47.6 Å². The zero-order chi connectivity index (χ0) is 22.6. The molecule has 32 heavy (non-hydrogen) atoms. The smallest absolute Gasteiger partial charge is 0.253 e. The standard InChI is InChI=1S/C24H24Cl2FN3O2/c25-19-7-6-18(15-20(19)26)23(31)30-12-8-24(27,9-13-30)16-28-11-14-32-21-5-1-3-17-4-2-10-29-22(17)21/h1-7,10,15,28H,8-9,11-14,16H2. The lowest BCUT2D eigenvalue weighted by Crippen LogP contribution is -2.49. The fourth-order valence-corrected chi connectivity index (χ4v) is 4.14. The summed E-state index contributed by atoms with van der Waals surface area (Å²) in [6, 6.07) is 14.5. The molecule has 0 aliphatic carbocycles. The van der Waals surface area contributed by atoms with Crippen LogP contribution >= 0.6 is 23.2 Å². The minimum absolute atomic E-state index is 0.157. The number of nitrogens with zero attached hydrogens (tertiary/aromatic N) is 2. The van der Waals surface area contributed by atoms with Gasteiger partial charge in [-0.3, -0.25) is 9.78 Å². The molecule has 0 bridgehead atoms. The van der Waals surface area contributed by atoms with Gasteiger partial charge in [-0.2, -0.15) is 0 Å². The predicted molar refractivity (Wildman–Crippen MR) is 126 cm³/mol. The van der Waals surface area contributed by atoms with Gasteiger partial charge in [0, 0.05) is 56.2 Å². The summed E-state index contributed by atoms with van der Waals surface area (Å²) < 4.78 is 21.0. The molecule has 1 amide bonds. The Morgan fingerprint density at radius 2 is 1.91 bits per heavy atom. The molecule has 1 aliphatic heterocycles. The molecule has 1 saturated heterocycles. The van der Waals surface area contributed by atoms with Crippen LogP contribution in [0.3, 0.4) is 0 Å². The van der Waals surface area contributed by atoms with Crippen LogP contribution in [-0.2, 0) is 0 Å². The summed E-state index contributed by atoms with van der Waals surface area (Å²) >= 11 is 11.9. The first-order valence-corrected chi connectivity index (χ1v) is 11.3. The predicted octanol–water partition coefficient (Wildman–Crippen LogP) is 5.15. The molecule has 1 fully saturated rings. The molecule has 8 heteroatoms. The Balaban J connectivity index is 1.22. The number of hydrogen-bond acceptors (Lipinski definition) is 4. The lowest BCUT2D eigenvalue weighted by molar-refractivity contribution is 0.0433. The molecule has 0 atom stereocenters. The lowest BCUT2D eigenvalue weighted by Gasteiger charge is -2.36. The Morgan fingerprint density at radius 1 is 1.12 bits per heavy atom. The van der Waals surface area contributed by atoms with Gasteiger partial charge in [-0.05, 0) is 30.3 Å². The summed E-state index contributed by atoms with van der Waals surface area (Å²) in [4.78, 5) is 18.7. The van der Waals surface area contributed by atoms with Crippen LogP contribution in [0.4, 0.5) is 4.39 Å². The first-order valence-electron chi connectivity index (χ1n) is 10.6. The number of likely N-dealkylation sites (tertiary alicyclic amines) is 1. The van der Waals surface area contributed by atoms with Crippen molar-refractivity contribution in [1.82, 2.24) is 15.2 Å². The fourth-order valence-electron chi connectivity index (χ4n) is 3.84. The fraction of sp³-hybridized carbons (Fsp3) is 0.333. The van der Waals surface area contributed by atoms with Crippen molar-refractivity contribution in [2.45, 2.75) is 18.5 Å². The molecule has 0 unspecified atom stereocenters. The maximum absolute atomic E-state index is 15.2. The number of carbonyl (C=O) groups excluding carboxylic acids is 1. The number of rotatable bonds is 7. The lowest BCUT2D eigenvalue weighted by atomic mass is 9.93. The van der Waals surface area contributed by atoms with Crippen molar-refractivity contribution in [1.29, 1.82) is 0 Å². The topological polar surface area (TPSA) is 54.5 Å². The van der Waals surface area contributed by atoms with E-state index in [4.69, 9.17) is 27.9 Å². The molecule has 1 aromatic heterocycles. The molecule has 3 aromatic rings. The Labute approximate surface area is 196 Å². The first kappa shape index (κ1) is 22.8. The third-order valence-corrected chi connectivity index (χ3v) is 6.43. The largest absolute Gasteiger partial charge is 0.490 e. The van der Waals surface area contributed by atoms with Crippen LogP contribution in [0.2, 0.25) is 10.0 Å². The molecule has 5 nitrogen and oxygen atoms in total. The summed E-state index contributed by atoms with van der Waals surface area (Å²) in [5.74, 6) is 0.560. The van der Waals surface area contributed by atoms with Crippen molar-refractivity contribution in [2.24, 2.45) is 0 Å². The van der Waals surface area contributed by atoms with Crippen molar-refractivity contribution in [3.8, 4) is 5.75 Å². The summed E-state index contributed by atoms with van der Waals surface area (Å²) in [7, 11) is 0. The molecule has 0 saturated carbocycles. The number of fused-ring (bicyclic) bond motifs is 1. The number of hydrogen-bond donors (Lipinski definition) is 1. The van der Waals surface area contributed by atoms with E-state index >= 15 is 4.39 Å². The highest BCUT2D eigenvalue weighted by molar-refractivity contribution is 6.42. The van der Waals surface area contributed by atoms with Gasteiger partial charge in [0.1, 0.15) is 23.5 Å². The van der Waals surface area contributed by atoms with Crippen LogP contribution < -0.4 is 10.1 Å². The summed E-state index contributed by atoms with van der Waals surface area (Å²) in [5, 5.41) is 4.90. The van der Waals surface area contributed by atoms with Crippen LogP contribution in [0.15, 0.2) is 54.7 Å². The normalized spacial score (nSPS) is 15.7. The van der Waals surface area contributed by atoms with Crippen LogP contribution in [-0.4, -0.2) is 54.2 Å². The number of piperidine rings is 1. The van der Waals surface area contributed by atoms with E-state index in [1.807, 2.05) is 30.3 Å². The number of halogens is 3. The molecule has 0 radical (unpaired) electrons. The third kappa shape index (κ3) is 5.31. The Morgan fingerprint density at radius 3 is 2.69 bits per heavy atom. The summed E-state index contributed by atoms with van der Waals surface area (Å²) in [6.07, 6.45) is 2.29. The van der Waals surface area contributed by atoms with E-state index in [1.54, 1.807) is 29.3 Å². The molecule has 1 aliphatic rings. The zero-order valence-corrected chi connectivity index (χ0v) is 19.0. The highest BCUT2D eigenvalue weighted by Gasteiger charge is 2.35. The summed E-state index contributed by atoms with van der Waals surface area (Å²) in [5.41, 5.74) is -0.0740. The monoisotopic (exact) mass is 475 g/mol. The van der Waals surface area contributed by atoms with Crippen molar-refractivity contribution < 1.29 is 13.9 Å². The van der Waals surface area contributed by atoms with Gasteiger partial charge in [-0.15, -0.1) is 0 Å². The number of nitrogens with one attached hydrogen (secondary N) is 1. The van der Waals surface area contributed by atoms with Gasteiger partial charge in [-0.25, -0.2) is 4.39 Å². The van der Waals surface area contributed by atoms with Crippen molar-refractivity contribution >= 4 is 40.0 Å². The van der Waals surface area contributed by atoms with E-state index in [9.17, 15) is 4.79 Å². The van der Waals surface area contributed by atoms with Crippen LogP contribution in [0.25, 0.3) is 10.9 Å². The maximum atomic E-state index is 15.2. The highest BCUT2D eigenvalue weighted by atomic mass is 35.5. The first-order chi connectivity index (χ1) is 15.5. The second-order valence-electron chi connectivity index (χ2n) is 7.93. The van der Waals surface area contributed by atoms with Crippen LogP contribution in [0.1, 0.15) is 23.2 Å². The molecule has 168 valence electrons. The Bertz CT molecular complexity index is 1100. The van der Waals surface area contributed by atoms with Crippen molar-refractivity contribution in [3.05, 3.63) is 70.3 Å².